The summed E-state index contributed by atoms with van der Waals surface area (Å²) < 4.78 is 39.8. The van der Waals surface area contributed by atoms with Crippen LogP contribution in [-0.4, -0.2) is 15.7 Å². The standard InChI is InChI=1S/C20H18F3N5O/c21-20(22,23)14-9-7-13(8-10-14)12-28-17-6-2-1-4-15(17)18(27-28)26-19(29)16(25)5-3-11-24/h1-11H,12,24-25H2,(H,26,27,29)/b11-3-,16-5-. The fourth-order valence-corrected chi connectivity index (χ4v) is 2.73. The molecule has 0 fully saturated rings. The highest BCUT2D eigenvalue weighted by atomic mass is 19.4. The Hall–Kier alpha value is -3.75. The number of nitrogens with zero attached hydrogens (tertiary/aromatic N) is 2. The van der Waals surface area contributed by atoms with Gasteiger partial charge in [-0.2, -0.15) is 18.3 Å². The number of benzene rings is 2. The van der Waals surface area contributed by atoms with Crippen LogP contribution in [0.2, 0.25) is 0 Å². The van der Waals surface area contributed by atoms with Gasteiger partial charge in [-0.25, -0.2) is 0 Å². The first kappa shape index (κ1) is 20.0. The second-order valence-corrected chi connectivity index (χ2v) is 6.18. The number of aromatic nitrogens is 2. The Balaban J connectivity index is 1.89. The zero-order valence-electron chi connectivity index (χ0n) is 15.1. The summed E-state index contributed by atoms with van der Waals surface area (Å²) in [5, 5.41) is 7.71. The van der Waals surface area contributed by atoms with E-state index in [0.717, 1.165) is 12.1 Å². The number of carbonyl (C=O) groups excluding carboxylic acids is 1. The summed E-state index contributed by atoms with van der Waals surface area (Å²) in [6, 6.07) is 12.0. The van der Waals surface area contributed by atoms with Crippen molar-refractivity contribution in [1.29, 1.82) is 0 Å². The highest BCUT2D eigenvalue weighted by Gasteiger charge is 2.29. The van der Waals surface area contributed by atoms with Crippen LogP contribution in [0.25, 0.3) is 10.9 Å². The lowest BCUT2D eigenvalue weighted by Crippen LogP contribution is -2.20. The maximum Gasteiger partial charge on any atom is 0.416 e. The Bertz CT molecular complexity index is 1080. The number of hydrogen-bond donors (Lipinski definition) is 3. The maximum absolute atomic E-state index is 12.7. The summed E-state index contributed by atoms with van der Waals surface area (Å²) in [5.41, 5.74) is 11.5. The highest BCUT2D eigenvalue weighted by molar-refractivity contribution is 6.07. The minimum Gasteiger partial charge on any atom is -0.405 e. The van der Waals surface area contributed by atoms with E-state index in [2.05, 4.69) is 10.4 Å². The lowest BCUT2D eigenvalue weighted by molar-refractivity contribution is -0.137. The second-order valence-electron chi connectivity index (χ2n) is 6.18. The number of nitrogens with two attached hydrogens (primary N) is 2. The molecule has 9 heteroatoms. The van der Waals surface area contributed by atoms with Crippen molar-refractivity contribution < 1.29 is 18.0 Å². The number of carbonyl (C=O) groups is 1. The molecule has 1 amide bonds. The number of fused-ring (bicyclic) bond motifs is 1. The zero-order valence-corrected chi connectivity index (χ0v) is 15.1. The van der Waals surface area contributed by atoms with Crippen LogP contribution >= 0.6 is 0 Å². The van der Waals surface area contributed by atoms with Crippen LogP contribution in [0.4, 0.5) is 19.0 Å². The predicted octanol–water partition coefficient (Wildman–Crippen LogP) is 3.36. The Morgan fingerprint density at radius 2 is 1.83 bits per heavy atom. The number of anilines is 1. The highest BCUT2D eigenvalue weighted by Crippen LogP contribution is 2.29. The molecule has 5 N–H and O–H groups in total. The van der Waals surface area contributed by atoms with Gasteiger partial charge in [-0.3, -0.25) is 9.48 Å². The zero-order chi connectivity index (χ0) is 21.0. The molecule has 0 aliphatic heterocycles. The number of amides is 1. The Morgan fingerprint density at radius 1 is 1.14 bits per heavy atom. The molecule has 0 saturated heterocycles. The van der Waals surface area contributed by atoms with Gasteiger partial charge < -0.3 is 16.8 Å². The molecule has 0 aliphatic rings. The molecule has 1 aromatic heterocycles. The fourth-order valence-electron chi connectivity index (χ4n) is 2.73. The van der Waals surface area contributed by atoms with E-state index in [-0.39, 0.29) is 12.2 Å². The van der Waals surface area contributed by atoms with E-state index in [1.54, 1.807) is 28.9 Å². The molecule has 0 unspecified atom stereocenters. The average Bonchev–Trinajstić information content (AvgIpc) is 3.03. The summed E-state index contributed by atoms with van der Waals surface area (Å²) in [4.78, 5) is 12.2. The Kier molecular flexibility index (Phi) is 5.58. The third-order valence-corrected chi connectivity index (χ3v) is 4.15. The topological polar surface area (TPSA) is 99.0 Å². The van der Waals surface area contributed by atoms with Crippen LogP contribution < -0.4 is 16.8 Å². The molecule has 0 radical (unpaired) electrons. The van der Waals surface area contributed by atoms with Gasteiger partial charge in [0.1, 0.15) is 0 Å². The molecule has 150 valence electrons. The SMILES string of the molecule is N/C=C\C=C(/N)C(=O)Nc1nn(Cc2ccc(C(F)(F)F)cc2)c2ccccc12. The van der Waals surface area contributed by atoms with Crippen LogP contribution in [0.3, 0.4) is 0 Å². The molecule has 3 rings (SSSR count). The molecule has 0 saturated carbocycles. The summed E-state index contributed by atoms with van der Waals surface area (Å²) in [6.07, 6.45) is -0.359. The normalized spacial score (nSPS) is 12.6. The van der Waals surface area contributed by atoms with E-state index in [9.17, 15) is 18.0 Å². The van der Waals surface area contributed by atoms with Crippen molar-refractivity contribution in [2.45, 2.75) is 12.7 Å². The molecule has 1 heterocycles. The summed E-state index contributed by atoms with van der Waals surface area (Å²) in [7, 11) is 0. The monoisotopic (exact) mass is 401 g/mol. The van der Waals surface area contributed by atoms with Crippen molar-refractivity contribution in [1.82, 2.24) is 9.78 Å². The van der Waals surface area contributed by atoms with E-state index >= 15 is 0 Å². The smallest absolute Gasteiger partial charge is 0.405 e. The first-order chi connectivity index (χ1) is 13.8. The van der Waals surface area contributed by atoms with E-state index < -0.39 is 17.6 Å². The van der Waals surface area contributed by atoms with Crippen molar-refractivity contribution in [3.63, 3.8) is 0 Å². The summed E-state index contributed by atoms with van der Waals surface area (Å²) >= 11 is 0. The van der Waals surface area contributed by atoms with Gasteiger partial charge in [0.05, 0.1) is 23.3 Å². The summed E-state index contributed by atoms with van der Waals surface area (Å²) in [6.45, 7) is 0.232. The molecule has 0 aliphatic carbocycles. The molecule has 3 aromatic rings. The number of halogens is 3. The van der Waals surface area contributed by atoms with Gasteiger partial charge in [-0.05, 0) is 48.2 Å². The van der Waals surface area contributed by atoms with E-state index in [1.807, 2.05) is 0 Å². The molecule has 0 spiro atoms. The average molecular weight is 401 g/mol. The molecule has 0 bridgehead atoms. The van der Waals surface area contributed by atoms with Gasteiger partial charge in [0.25, 0.3) is 5.91 Å². The number of alkyl halides is 3. The molecule has 2 aromatic carbocycles. The Morgan fingerprint density at radius 3 is 2.48 bits per heavy atom. The number of para-hydroxylation sites is 1. The number of nitrogens with one attached hydrogen (secondary N) is 1. The van der Waals surface area contributed by atoms with E-state index in [4.69, 9.17) is 11.5 Å². The van der Waals surface area contributed by atoms with Gasteiger partial charge in [0.2, 0.25) is 0 Å². The third-order valence-electron chi connectivity index (χ3n) is 4.15. The number of allylic oxidation sites excluding steroid dienone is 2. The first-order valence-corrected chi connectivity index (χ1v) is 8.56. The lowest BCUT2D eigenvalue weighted by Gasteiger charge is -2.08. The maximum atomic E-state index is 12.7. The van der Waals surface area contributed by atoms with Crippen LogP contribution in [-0.2, 0) is 17.5 Å². The van der Waals surface area contributed by atoms with Crippen LogP contribution in [0.1, 0.15) is 11.1 Å². The van der Waals surface area contributed by atoms with Gasteiger partial charge in [0, 0.05) is 5.39 Å². The van der Waals surface area contributed by atoms with Crippen molar-refractivity contribution in [3.05, 3.63) is 83.7 Å². The van der Waals surface area contributed by atoms with Gasteiger partial charge >= 0.3 is 6.18 Å². The molecule has 0 atom stereocenters. The molecule has 6 nitrogen and oxygen atoms in total. The summed E-state index contributed by atoms with van der Waals surface area (Å²) in [5.74, 6) is -0.251. The Labute approximate surface area is 164 Å². The van der Waals surface area contributed by atoms with Crippen molar-refractivity contribution >= 4 is 22.6 Å². The van der Waals surface area contributed by atoms with Gasteiger partial charge in [0.15, 0.2) is 5.82 Å². The minimum atomic E-state index is -4.39. The number of rotatable bonds is 5. The van der Waals surface area contributed by atoms with Gasteiger partial charge in [-0.15, -0.1) is 0 Å². The largest absolute Gasteiger partial charge is 0.416 e. The van der Waals surface area contributed by atoms with E-state index in [0.29, 0.717) is 22.3 Å². The second kappa shape index (κ2) is 8.09. The lowest BCUT2D eigenvalue weighted by atomic mass is 10.1. The van der Waals surface area contributed by atoms with Crippen molar-refractivity contribution in [2.24, 2.45) is 11.5 Å². The van der Waals surface area contributed by atoms with Crippen molar-refractivity contribution in [2.75, 3.05) is 5.32 Å². The first-order valence-electron chi connectivity index (χ1n) is 8.56. The molecule has 29 heavy (non-hydrogen) atoms. The molecular formula is C20H18F3N5O. The van der Waals surface area contributed by atoms with E-state index in [1.165, 1.54) is 30.5 Å². The number of hydrogen-bond acceptors (Lipinski definition) is 4. The molecular weight excluding hydrogens is 383 g/mol. The fraction of sp³-hybridized carbons (Fsp3) is 0.100. The van der Waals surface area contributed by atoms with Crippen LogP contribution in [0, 0.1) is 0 Å². The van der Waals surface area contributed by atoms with Gasteiger partial charge in [-0.1, -0.05) is 24.3 Å². The quantitative estimate of drug-likeness (QED) is 0.451. The van der Waals surface area contributed by atoms with Crippen LogP contribution in [0.15, 0.2) is 72.6 Å². The van der Waals surface area contributed by atoms with Crippen molar-refractivity contribution in [3.8, 4) is 0 Å². The minimum absolute atomic E-state index is 0.0481. The van der Waals surface area contributed by atoms with Crippen LogP contribution in [0.5, 0.6) is 0 Å². The predicted molar refractivity (Wildman–Crippen MR) is 105 cm³/mol. The third kappa shape index (κ3) is 4.57.